The molecule has 90 valence electrons. The minimum atomic E-state index is 0.330. The summed E-state index contributed by atoms with van der Waals surface area (Å²) in [5, 5.41) is 13.1. The molecule has 1 aliphatic rings. The van der Waals surface area contributed by atoms with E-state index in [1.165, 1.54) is 24.3 Å². The zero-order valence-corrected chi connectivity index (χ0v) is 11.2. The van der Waals surface area contributed by atoms with Crippen LogP contribution in [0.25, 0.3) is 0 Å². The number of hydrogen-bond donors (Lipinski definition) is 2. The van der Waals surface area contributed by atoms with E-state index < -0.39 is 0 Å². The van der Waals surface area contributed by atoms with Crippen molar-refractivity contribution < 1.29 is 5.11 Å². The van der Waals surface area contributed by atoms with Crippen molar-refractivity contribution in [3.8, 4) is 0 Å². The molecule has 1 heterocycles. The fourth-order valence-corrected chi connectivity index (χ4v) is 3.75. The van der Waals surface area contributed by atoms with Gasteiger partial charge in [-0.1, -0.05) is 6.92 Å². The van der Waals surface area contributed by atoms with Crippen LogP contribution in [0.5, 0.6) is 0 Å². The van der Waals surface area contributed by atoms with Crippen molar-refractivity contribution in [2.24, 2.45) is 0 Å². The molecule has 2 atom stereocenters. The lowest BCUT2D eigenvalue weighted by Crippen LogP contribution is -2.40. The number of aliphatic hydroxyl groups is 1. The normalized spacial score (nSPS) is 26.8. The van der Waals surface area contributed by atoms with Crippen LogP contribution in [0.2, 0.25) is 0 Å². The predicted octanol–water partition coefficient (Wildman–Crippen LogP) is 1.98. The third-order valence-electron chi connectivity index (χ3n) is 2.71. The van der Waals surface area contributed by atoms with Crippen LogP contribution >= 0.6 is 23.5 Å². The van der Waals surface area contributed by atoms with Gasteiger partial charge >= 0.3 is 0 Å². The number of rotatable bonds is 7. The molecule has 0 aromatic heterocycles. The standard InChI is InChI=1S/C11H23NOS2/c1-10-11(4-2-8-15-10)12-5-9-14-7-3-6-13/h10-13H,2-9H2,1H3. The van der Waals surface area contributed by atoms with E-state index in [1.54, 1.807) is 0 Å². The Balaban J connectivity index is 1.94. The van der Waals surface area contributed by atoms with Crippen molar-refractivity contribution in [3.05, 3.63) is 0 Å². The van der Waals surface area contributed by atoms with Gasteiger partial charge in [0, 0.05) is 30.2 Å². The topological polar surface area (TPSA) is 32.3 Å². The second-order valence-corrected chi connectivity index (χ2v) is 6.68. The lowest BCUT2D eigenvalue weighted by atomic mass is 10.1. The minimum absolute atomic E-state index is 0.330. The summed E-state index contributed by atoms with van der Waals surface area (Å²) in [7, 11) is 0. The van der Waals surface area contributed by atoms with Crippen LogP contribution in [0, 0.1) is 0 Å². The molecular formula is C11H23NOS2. The zero-order chi connectivity index (χ0) is 10.9. The predicted molar refractivity (Wildman–Crippen MR) is 72.0 cm³/mol. The molecule has 0 spiro atoms. The van der Waals surface area contributed by atoms with Crippen molar-refractivity contribution in [2.45, 2.75) is 37.5 Å². The van der Waals surface area contributed by atoms with E-state index in [4.69, 9.17) is 5.11 Å². The summed E-state index contributed by atoms with van der Waals surface area (Å²) < 4.78 is 0. The first kappa shape index (κ1) is 13.7. The molecule has 2 unspecified atom stereocenters. The van der Waals surface area contributed by atoms with Gasteiger partial charge in [0.05, 0.1) is 0 Å². The van der Waals surface area contributed by atoms with E-state index in [0.29, 0.717) is 6.61 Å². The highest BCUT2D eigenvalue weighted by Crippen LogP contribution is 2.24. The molecule has 1 saturated heterocycles. The Morgan fingerprint density at radius 2 is 2.33 bits per heavy atom. The maximum Gasteiger partial charge on any atom is 0.0438 e. The summed E-state index contributed by atoms with van der Waals surface area (Å²) in [6.45, 7) is 3.78. The number of aliphatic hydroxyl groups excluding tert-OH is 1. The van der Waals surface area contributed by atoms with E-state index in [0.717, 1.165) is 30.0 Å². The maximum absolute atomic E-state index is 8.63. The van der Waals surface area contributed by atoms with Crippen LogP contribution in [-0.4, -0.2) is 46.8 Å². The first-order valence-corrected chi connectivity index (χ1v) is 8.08. The second kappa shape index (κ2) is 8.74. The third kappa shape index (κ3) is 6.05. The van der Waals surface area contributed by atoms with Gasteiger partial charge in [-0.05, 0) is 30.8 Å². The number of hydrogen-bond acceptors (Lipinski definition) is 4. The van der Waals surface area contributed by atoms with Crippen LogP contribution in [0.4, 0.5) is 0 Å². The van der Waals surface area contributed by atoms with E-state index in [9.17, 15) is 0 Å². The Morgan fingerprint density at radius 1 is 1.47 bits per heavy atom. The molecule has 0 saturated carbocycles. The fraction of sp³-hybridized carbons (Fsp3) is 1.00. The average Bonchev–Trinajstić information content (AvgIpc) is 2.25. The Hall–Kier alpha value is 0.620. The molecule has 2 nitrogen and oxygen atoms in total. The van der Waals surface area contributed by atoms with Crippen molar-refractivity contribution in [2.75, 3.05) is 30.4 Å². The molecule has 0 bridgehead atoms. The highest BCUT2D eigenvalue weighted by molar-refractivity contribution is 8.00. The summed E-state index contributed by atoms with van der Waals surface area (Å²) in [6, 6.07) is 0.724. The van der Waals surface area contributed by atoms with E-state index >= 15 is 0 Å². The summed E-state index contributed by atoms with van der Waals surface area (Å²) in [4.78, 5) is 0. The van der Waals surface area contributed by atoms with Crippen molar-refractivity contribution in [1.29, 1.82) is 0 Å². The largest absolute Gasteiger partial charge is 0.396 e. The van der Waals surface area contributed by atoms with Crippen LogP contribution in [0.3, 0.4) is 0 Å². The lowest BCUT2D eigenvalue weighted by Gasteiger charge is -2.29. The monoisotopic (exact) mass is 249 g/mol. The molecule has 1 fully saturated rings. The van der Waals surface area contributed by atoms with Gasteiger partial charge < -0.3 is 10.4 Å². The summed E-state index contributed by atoms with van der Waals surface area (Å²) in [5.74, 6) is 3.60. The molecule has 0 aromatic carbocycles. The lowest BCUT2D eigenvalue weighted by molar-refractivity contribution is 0.296. The fourth-order valence-electron chi connectivity index (χ4n) is 1.78. The van der Waals surface area contributed by atoms with Gasteiger partial charge in [0.1, 0.15) is 0 Å². The smallest absolute Gasteiger partial charge is 0.0438 e. The van der Waals surface area contributed by atoms with E-state index in [1.807, 2.05) is 11.8 Å². The van der Waals surface area contributed by atoms with Gasteiger partial charge in [-0.15, -0.1) is 0 Å². The number of nitrogens with one attached hydrogen (secondary N) is 1. The second-order valence-electron chi connectivity index (χ2n) is 3.97. The molecule has 1 rings (SSSR count). The van der Waals surface area contributed by atoms with Gasteiger partial charge in [0.25, 0.3) is 0 Å². The maximum atomic E-state index is 8.63. The summed E-state index contributed by atoms with van der Waals surface area (Å²) in [6.07, 6.45) is 3.64. The Morgan fingerprint density at radius 3 is 3.07 bits per heavy atom. The molecule has 0 aromatic rings. The molecular weight excluding hydrogens is 226 g/mol. The van der Waals surface area contributed by atoms with Gasteiger partial charge in [0.2, 0.25) is 0 Å². The molecule has 0 radical (unpaired) electrons. The van der Waals surface area contributed by atoms with Gasteiger partial charge in [-0.2, -0.15) is 23.5 Å². The zero-order valence-electron chi connectivity index (χ0n) is 9.58. The van der Waals surface area contributed by atoms with Gasteiger partial charge in [-0.3, -0.25) is 0 Å². The highest BCUT2D eigenvalue weighted by Gasteiger charge is 2.20. The Kier molecular flexibility index (Phi) is 7.97. The molecule has 0 amide bonds. The van der Waals surface area contributed by atoms with Crippen LogP contribution < -0.4 is 5.32 Å². The van der Waals surface area contributed by atoms with E-state index in [2.05, 4.69) is 24.0 Å². The Bertz CT molecular complexity index is 158. The quantitative estimate of drug-likeness (QED) is 0.676. The first-order valence-electron chi connectivity index (χ1n) is 5.88. The molecule has 1 aliphatic heterocycles. The molecule has 2 N–H and O–H groups in total. The van der Waals surface area contributed by atoms with Gasteiger partial charge in [0.15, 0.2) is 0 Å². The average molecular weight is 249 g/mol. The minimum Gasteiger partial charge on any atom is -0.396 e. The SMILES string of the molecule is CC1SCCCC1NCCSCCCO. The number of thioether (sulfide) groups is 2. The third-order valence-corrected chi connectivity index (χ3v) is 5.16. The molecule has 0 aliphatic carbocycles. The summed E-state index contributed by atoms with van der Waals surface area (Å²) >= 11 is 4.03. The van der Waals surface area contributed by atoms with Crippen LogP contribution in [0.15, 0.2) is 0 Å². The molecule has 4 heteroatoms. The Labute approximate surface area is 102 Å². The van der Waals surface area contributed by atoms with Crippen molar-refractivity contribution in [1.82, 2.24) is 5.32 Å². The van der Waals surface area contributed by atoms with Crippen LogP contribution in [0.1, 0.15) is 26.2 Å². The van der Waals surface area contributed by atoms with Crippen molar-refractivity contribution in [3.63, 3.8) is 0 Å². The molecule has 15 heavy (non-hydrogen) atoms. The summed E-state index contributed by atoms with van der Waals surface area (Å²) in [5.41, 5.74) is 0. The van der Waals surface area contributed by atoms with Crippen LogP contribution in [-0.2, 0) is 0 Å². The van der Waals surface area contributed by atoms with Gasteiger partial charge in [-0.25, -0.2) is 0 Å². The van der Waals surface area contributed by atoms with Crippen molar-refractivity contribution >= 4 is 23.5 Å². The van der Waals surface area contributed by atoms with E-state index in [-0.39, 0.29) is 0 Å². The highest BCUT2D eigenvalue weighted by atomic mass is 32.2. The first-order chi connectivity index (χ1) is 7.34.